The van der Waals surface area contributed by atoms with Crippen LogP contribution in [-0.4, -0.2) is 80.0 Å². The molecule has 3 atom stereocenters. The molecule has 2 aromatic rings. The molecule has 0 bridgehead atoms. The summed E-state index contributed by atoms with van der Waals surface area (Å²) in [4.78, 5) is 16.8. The fourth-order valence-electron chi connectivity index (χ4n) is 4.99. The number of aliphatic hydroxyl groups excluding tert-OH is 1. The SMILES string of the molecule is COCC(=O)N1CCCCN2[C@@H](CO)[C@@H](c3ccc(C#Cc4ccc(OC)cc4)cc3)[C@@H]2C1. The van der Waals surface area contributed by atoms with E-state index in [1.54, 1.807) is 14.2 Å². The smallest absolute Gasteiger partial charge is 0.248 e. The zero-order valence-corrected chi connectivity index (χ0v) is 19.4. The Kier molecular flexibility index (Phi) is 7.66. The van der Waals surface area contributed by atoms with Crippen molar-refractivity contribution in [3.63, 3.8) is 0 Å². The van der Waals surface area contributed by atoms with Gasteiger partial charge in [-0.05, 0) is 61.3 Å². The molecule has 1 amide bonds. The quantitative estimate of drug-likeness (QED) is 0.713. The van der Waals surface area contributed by atoms with E-state index in [2.05, 4.69) is 28.9 Å². The highest BCUT2D eigenvalue weighted by molar-refractivity contribution is 5.77. The van der Waals surface area contributed by atoms with Gasteiger partial charge in [-0.3, -0.25) is 9.69 Å². The summed E-state index contributed by atoms with van der Waals surface area (Å²) in [6, 6.07) is 16.3. The van der Waals surface area contributed by atoms with Gasteiger partial charge in [0.25, 0.3) is 0 Å². The first kappa shape index (κ1) is 23.3. The molecule has 0 unspecified atom stereocenters. The molecule has 33 heavy (non-hydrogen) atoms. The number of hydrogen-bond donors (Lipinski definition) is 1. The molecule has 2 aliphatic rings. The average molecular weight is 449 g/mol. The number of aliphatic hydroxyl groups is 1. The second-order valence-electron chi connectivity index (χ2n) is 8.66. The highest BCUT2D eigenvalue weighted by Gasteiger charge is 2.49. The molecule has 0 aliphatic carbocycles. The number of amides is 1. The molecule has 0 radical (unpaired) electrons. The van der Waals surface area contributed by atoms with Gasteiger partial charge in [-0.2, -0.15) is 0 Å². The minimum absolute atomic E-state index is 0.0368. The first-order valence-electron chi connectivity index (χ1n) is 11.5. The van der Waals surface area contributed by atoms with Crippen molar-refractivity contribution in [2.45, 2.75) is 30.8 Å². The van der Waals surface area contributed by atoms with Crippen LogP contribution in [0.2, 0.25) is 0 Å². The van der Waals surface area contributed by atoms with Gasteiger partial charge in [0, 0.05) is 49.3 Å². The normalized spacial score (nSPS) is 22.8. The summed E-state index contributed by atoms with van der Waals surface area (Å²) in [5.74, 6) is 7.45. The Balaban J connectivity index is 1.49. The summed E-state index contributed by atoms with van der Waals surface area (Å²) in [6.07, 6.45) is 2.00. The van der Waals surface area contributed by atoms with Crippen LogP contribution in [0.25, 0.3) is 0 Å². The maximum atomic E-state index is 12.5. The standard InChI is InChI=1S/C27H32N2O4/c1-32-19-26(31)28-15-3-4-16-29-24(17-28)27(25(29)18-30)22-11-7-20(8-12-22)5-6-21-9-13-23(33-2)14-10-21/h7-14,24-25,27,30H,3-4,15-19H2,1-2H3/t24-,25-,27-/m0/s1. The number of rotatable bonds is 5. The number of ether oxygens (including phenoxy) is 2. The minimum Gasteiger partial charge on any atom is -0.497 e. The third-order valence-electron chi connectivity index (χ3n) is 6.73. The van der Waals surface area contributed by atoms with Crippen molar-refractivity contribution in [3.05, 3.63) is 65.2 Å². The molecule has 0 saturated carbocycles. The van der Waals surface area contributed by atoms with Gasteiger partial charge >= 0.3 is 0 Å². The monoisotopic (exact) mass is 448 g/mol. The summed E-state index contributed by atoms with van der Waals surface area (Å²) >= 11 is 0. The zero-order chi connectivity index (χ0) is 23.2. The second kappa shape index (κ2) is 10.8. The largest absolute Gasteiger partial charge is 0.497 e. The van der Waals surface area contributed by atoms with Crippen molar-refractivity contribution in [3.8, 4) is 17.6 Å². The molecule has 0 spiro atoms. The van der Waals surface area contributed by atoms with Crippen molar-refractivity contribution in [2.75, 3.05) is 47.1 Å². The van der Waals surface area contributed by atoms with E-state index in [9.17, 15) is 9.90 Å². The van der Waals surface area contributed by atoms with Crippen molar-refractivity contribution >= 4 is 5.91 Å². The molecule has 174 valence electrons. The van der Waals surface area contributed by atoms with Crippen molar-refractivity contribution in [1.82, 2.24) is 9.80 Å². The lowest BCUT2D eigenvalue weighted by atomic mass is 9.74. The lowest BCUT2D eigenvalue weighted by Gasteiger charge is -2.57. The van der Waals surface area contributed by atoms with Crippen LogP contribution in [0.1, 0.15) is 35.4 Å². The van der Waals surface area contributed by atoms with Gasteiger partial charge in [-0.1, -0.05) is 24.0 Å². The number of nitrogens with zero attached hydrogens (tertiary/aromatic N) is 2. The Morgan fingerprint density at radius 1 is 1.00 bits per heavy atom. The van der Waals surface area contributed by atoms with Crippen molar-refractivity contribution in [2.24, 2.45) is 0 Å². The van der Waals surface area contributed by atoms with E-state index in [1.165, 1.54) is 5.56 Å². The molecule has 2 fully saturated rings. The molecule has 4 rings (SSSR count). The molecular formula is C27H32N2O4. The van der Waals surface area contributed by atoms with Gasteiger partial charge in [0.15, 0.2) is 0 Å². The molecule has 0 aromatic heterocycles. The Bertz CT molecular complexity index is 994. The molecule has 2 heterocycles. The second-order valence-corrected chi connectivity index (χ2v) is 8.66. The summed E-state index contributed by atoms with van der Waals surface area (Å²) in [7, 11) is 3.21. The fourth-order valence-corrected chi connectivity index (χ4v) is 4.99. The van der Waals surface area contributed by atoms with Crippen molar-refractivity contribution in [1.29, 1.82) is 0 Å². The van der Waals surface area contributed by atoms with E-state index in [4.69, 9.17) is 9.47 Å². The average Bonchev–Trinajstić information content (AvgIpc) is 2.83. The van der Waals surface area contributed by atoms with Crippen molar-refractivity contribution < 1.29 is 19.4 Å². The molecule has 2 aliphatic heterocycles. The summed E-state index contributed by atoms with van der Waals surface area (Å²) in [5.41, 5.74) is 3.07. The summed E-state index contributed by atoms with van der Waals surface area (Å²) < 4.78 is 10.3. The van der Waals surface area contributed by atoms with Gasteiger partial charge in [0.2, 0.25) is 5.91 Å². The lowest BCUT2D eigenvalue weighted by Crippen LogP contribution is -2.68. The maximum absolute atomic E-state index is 12.5. The number of carbonyl (C=O) groups excluding carboxylic acids is 1. The third-order valence-corrected chi connectivity index (χ3v) is 6.73. The first-order chi connectivity index (χ1) is 16.1. The van der Waals surface area contributed by atoms with Gasteiger partial charge < -0.3 is 19.5 Å². The van der Waals surface area contributed by atoms with E-state index in [-0.39, 0.29) is 37.1 Å². The number of methoxy groups -OCH3 is 2. The molecule has 6 nitrogen and oxygen atoms in total. The fraction of sp³-hybridized carbons (Fsp3) is 0.444. The van der Waals surface area contributed by atoms with Gasteiger partial charge in [0.05, 0.1) is 13.7 Å². The highest BCUT2D eigenvalue weighted by atomic mass is 16.5. The summed E-state index contributed by atoms with van der Waals surface area (Å²) in [6.45, 7) is 2.63. The van der Waals surface area contributed by atoms with E-state index < -0.39 is 0 Å². The third kappa shape index (κ3) is 5.22. The Labute approximate surface area is 196 Å². The van der Waals surface area contributed by atoms with Crippen LogP contribution in [0.15, 0.2) is 48.5 Å². The predicted molar refractivity (Wildman–Crippen MR) is 127 cm³/mol. The van der Waals surface area contributed by atoms with E-state index in [0.717, 1.165) is 42.8 Å². The first-order valence-corrected chi connectivity index (χ1v) is 11.5. The topological polar surface area (TPSA) is 62.2 Å². The van der Waals surface area contributed by atoms with E-state index in [1.807, 2.05) is 41.3 Å². The Morgan fingerprint density at radius 2 is 1.64 bits per heavy atom. The number of fused-ring (bicyclic) bond motifs is 1. The van der Waals surface area contributed by atoms with Gasteiger partial charge in [-0.25, -0.2) is 0 Å². The number of hydrogen-bond acceptors (Lipinski definition) is 5. The Hall–Kier alpha value is -2.85. The molecule has 2 aromatic carbocycles. The van der Waals surface area contributed by atoms with E-state index in [0.29, 0.717) is 6.54 Å². The van der Waals surface area contributed by atoms with Crippen LogP contribution < -0.4 is 4.74 Å². The minimum atomic E-state index is 0.0368. The highest BCUT2D eigenvalue weighted by Crippen LogP contribution is 2.41. The molecule has 2 saturated heterocycles. The summed E-state index contributed by atoms with van der Waals surface area (Å²) in [5, 5.41) is 10.1. The lowest BCUT2D eigenvalue weighted by molar-refractivity contribution is -0.140. The molecule has 1 N–H and O–H groups in total. The predicted octanol–water partition coefficient (Wildman–Crippen LogP) is 2.49. The maximum Gasteiger partial charge on any atom is 0.248 e. The molecular weight excluding hydrogens is 416 g/mol. The van der Waals surface area contributed by atoms with Crippen LogP contribution in [0.3, 0.4) is 0 Å². The Morgan fingerprint density at radius 3 is 2.24 bits per heavy atom. The van der Waals surface area contributed by atoms with Gasteiger partial charge in [0.1, 0.15) is 12.4 Å². The van der Waals surface area contributed by atoms with Crippen LogP contribution in [-0.2, 0) is 9.53 Å². The van der Waals surface area contributed by atoms with Crippen LogP contribution in [0, 0.1) is 11.8 Å². The van der Waals surface area contributed by atoms with Gasteiger partial charge in [-0.15, -0.1) is 0 Å². The van der Waals surface area contributed by atoms with Crippen LogP contribution in [0.4, 0.5) is 0 Å². The number of carbonyl (C=O) groups is 1. The molecule has 6 heteroatoms. The van der Waals surface area contributed by atoms with E-state index >= 15 is 0 Å². The van der Waals surface area contributed by atoms with Crippen LogP contribution >= 0.6 is 0 Å². The van der Waals surface area contributed by atoms with Crippen LogP contribution in [0.5, 0.6) is 5.75 Å². The zero-order valence-electron chi connectivity index (χ0n) is 19.4. The number of benzene rings is 2.